The Morgan fingerprint density at radius 3 is 2.50 bits per heavy atom. The summed E-state index contributed by atoms with van der Waals surface area (Å²) >= 11 is 0. The van der Waals surface area contributed by atoms with Crippen LogP contribution in [0.3, 0.4) is 0 Å². The van der Waals surface area contributed by atoms with Crippen molar-refractivity contribution in [3.63, 3.8) is 0 Å². The first-order chi connectivity index (χ1) is 9.24. The van der Waals surface area contributed by atoms with Crippen molar-refractivity contribution in [1.29, 1.82) is 0 Å². The number of primary amides is 1. The van der Waals surface area contributed by atoms with Crippen LogP contribution in [-0.4, -0.2) is 32.1 Å². The molecule has 0 atom stereocenters. The minimum absolute atomic E-state index is 0.298. The minimum atomic E-state index is -3.97. The third kappa shape index (κ3) is 6.02. The lowest BCUT2D eigenvalue weighted by Crippen LogP contribution is -2.33. The fraction of sp³-hybridized carbons (Fsp3) is 0.200. The summed E-state index contributed by atoms with van der Waals surface area (Å²) in [7, 11) is -3.97. The molecule has 1 aromatic carbocycles. The fourth-order valence-corrected chi connectivity index (χ4v) is 2.05. The van der Waals surface area contributed by atoms with E-state index in [0.29, 0.717) is 0 Å². The zero-order valence-electron chi connectivity index (χ0n) is 10.5. The van der Waals surface area contributed by atoms with Crippen molar-refractivity contribution in [2.75, 3.05) is 6.54 Å². The molecule has 1 rings (SSSR count). The van der Waals surface area contributed by atoms with Crippen molar-refractivity contribution in [1.82, 2.24) is 4.72 Å². The molecule has 3 N–H and O–H groups in total. The SMILES string of the molecule is CC=O.NC(=O)CNS(=O)(=O)c1cccc([N+](=O)[O-])c1. The van der Waals surface area contributed by atoms with E-state index in [2.05, 4.69) is 0 Å². The standard InChI is InChI=1S/C8H9N3O5S.C2H4O/c9-8(12)5-10-17(15,16)7-3-1-2-6(4-7)11(13)14;1-2-3/h1-4,10H,5H2,(H2,9,12);2H,1H3. The maximum atomic E-state index is 11.6. The number of carbonyl (C=O) groups is 2. The third-order valence-electron chi connectivity index (χ3n) is 1.78. The number of aldehydes is 1. The summed E-state index contributed by atoms with van der Waals surface area (Å²) in [5.74, 6) is -0.848. The highest BCUT2D eigenvalue weighted by molar-refractivity contribution is 7.89. The topological polar surface area (TPSA) is 149 Å². The Labute approximate surface area is 115 Å². The molecule has 0 aliphatic rings. The van der Waals surface area contributed by atoms with Gasteiger partial charge in [0.05, 0.1) is 16.4 Å². The molecule has 0 fully saturated rings. The van der Waals surface area contributed by atoms with Gasteiger partial charge in [-0.05, 0) is 13.0 Å². The first kappa shape index (κ1) is 17.7. The maximum Gasteiger partial charge on any atom is 0.270 e. The van der Waals surface area contributed by atoms with E-state index in [9.17, 15) is 23.3 Å². The van der Waals surface area contributed by atoms with Gasteiger partial charge in [-0.25, -0.2) is 13.1 Å². The Kier molecular flexibility index (Phi) is 7.04. The number of hydrogen-bond donors (Lipinski definition) is 2. The van der Waals surface area contributed by atoms with E-state index in [-0.39, 0.29) is 10.6 Å². The van der Waals surface area contributed by atoms with Crippen LogP contribution in [0.5, 0.6) is 0 Å². The van der Waals surface area contributed by atoms with Crippen LogP contribution < -0.4 is 10.5 Å². The van der Waals surface area contributed by atoms with E-state index in [4.69, 9.17) is 10.5 Å². The normalized spacial score (nSPS) is 10.1. The average Bonchev–Trinajstić information content (AvgIpc) is 2.37. The molecule has 9 nitrogen and oxygen atoms in total. The lowest BCUT2D eigenvalue weighted by Gasteiger charge is -2.04. The molecule has 0 saturated carbocycles. The number of hydrogen-bond acceptors (Lipinski definition) is 6. The first-order valence-corrected chi connectivity index (χ1v) is 6.65. The number of nitrogens with zero attached hydrogens (tertiary/aromatic N) is 1. The van der Waals surface area contributed by atoms with Crippen LogP contribution in [0.1, 0.15) is 6.92 Å². The highest BCUT2D eigenvalue weighted by Crippen LogP contribution is 2.16. The molecule has 110 valence electrons. The molecule has 20 heavy (non-hydrogen) atoms. The zero-order chi connectivity index (χ0) is 15.8. The Balaban J connectivity index is 0.00000110. The van der Waals surface area contributed by atoms with E-state index in [1.165, 1.54) is 19.1 Å². The Bertz CT molecular complexity index is 599. The predicted octanol–water partition coefficient (Wildman–Crippen LogP) is -0.436. The van der Waals surface area contributed by atoms with Crippen molar-refractivity contribution in [3.05, 3.63) is 34.4 Å². The van der Waals surface area contributed by atoms with Crippen LogP contribution in [0.25, 0.3) is 0 Å². The molecular formula is C10H13N3O6S. The van der Waals surface area contributed by atoms with Crippen molar-refractivity contribution in [2.45, 2.75) is 11.8 Å². The van der Waals surface area contributed by atoms with Gasteiger partial charge in [0.1, 0.15) is 6.29 Å². The number of sulfonamides is 1. The van der Waals surface area contributed by atoms with E-state index in [0.717, 1.165) is 18.4 Å². The fourth-order valence-electron chi connectivity index (χ4n) is 1.01. The molecule has 10 heteroatoms. The van der Waals surface area contributed by atoms with Crippen LogP contribution in [-0.2, 0) is 19.6 Å². The van der Waals surface area contributed by atoms with Gasteiger partial charge in [0.2, 0.25) is 15.9 Å². The summed E-state index contributed by atoms with van der Waals surface area (Å²) in [5.41, 5.74) is 4.43. The van der Waals surface area contributed by atoms with Gasteiger partial charge in [0.15, 0.2) is 0 Å². The van der Waals surface area contributed by atoms with Crippen molar-refractivity contribution in [3.8, 4) is 0 Å². The van der Waals surface area contributed by atoms with E-state index in [1.807, 2.05) is 4.72 Å². The summed E-state index contributed by atoms with van der Waals surface area (Å²) in [6.07, 6.45) is 0.750. The molecule has 0 bridgehead atoms. The van der Waals surface area contributed by atoms with Crippen LogP contribution in [0, 0.1) is 10.1 Å². The number of amides is 1. The molecule has 0 radical (unpaired) electrons. The molecule has 1 amide bonds. The van der Waals surface area contributed by atoms with Crippen molar-refractivity contribution >= 4 is 27.9 Å². The van der Waals surface area contributed by atoms with Crippen molar-refractivity contribution < 1.29 is 22.9 Å². The lowest BCUT2D eigenvalue weighted by atomic mass is 10.3. The molecule has 0 unspecified atom stereocenters. The summed E-state index contributed by atoms with van der Waals surface area (Å²) < 4.78 is 25.1. The average molecular weight is 303 g/mol. The second-order valence-corrected chi connectivity index (χ2v) is 5.05. The number of benzene rings is 1. The van der Waals surface area contributed by atoms with Gasteiger partial charge >= 0.3 is 0 Å². The summed E-state index contributed by atoms with van der Waals surface area (Å²) in [4.78, 5) is 28.7. The number of carbonyl (C=O) groups excluding carboxylic acids is 2. The maximum absolute atomic E-state index is 11.6. The lowest BCUT2D eigenvalue weighted by molar-refractivity contribution is -0.385. The third-order valence-corrected chi connectivity index (χ3v) is 3.17. The zero-order valence-corrected chi connectivity index (χ0v) is 11.3. The number of nitrogens with two attached hydrogens (primary N) is 1. The highest BCUT2D eigenvalue weighted by Gasteiger charge is 2.17. The van der Waals surface area contributed by atoms with Gasteiger partial charge in [0.25, 0.3) is 5.69 Å². The van der Waals surface area contributed by atoms with Crippen molar-refractivity contribution in [2.24, 2.45) is 5.73 Å². The summed E-state index contributed by atoms with van der Waals surface area (Å²) in [6, 6.07) is 4.46. The quantitative estimate of drug-likeness (QED) is 0.428. The number of nitro benzene ring substituents is 1. The number of rotatable bonds is 5. The van der Waals surface area contributed by atoms with Gasteiger partial charge in [-0.15, -0.1) is 0 Å². The highest BCUT2D eigenvalue weighted by atomic mass is 32.2. The second kappa shape index (κ2) is 7.96. The number of nitro groups is 1. The Hall–Kier alpha value is -2.33. The van der Waals surface area contributed by atoms with E-state index >= 15 is 0 Å². The molecular weight excluding hydrogens is 290 g/mol. The van der Waals surface area contributed by atoms with E-state index < -0.39 is 27.4 Å². The second-order valence-electron chi connectivity index (χ2n) is 3.28. The van der Waals surface area contributed by atoms with Gasteiger partial charge in [-0.3, -0.25) is 14.9 Å². The van der Waals surface area contributed by atoms with Gasteiger partial charge < -0.3 is 10.5 Å². The number of non-ortho nitro benzene ring substituents is 1. The van der Waals surface area contributed by atoms with Crippen LogP contribution in [0.4, 0.5) is 5.69 Å². The van der Waals surface area contributed by atoms with Crippen LogP contribution >= 0.6 is 0 Å². The molecule has 0 saturated heterocycles. The molecule has 0 heterocycles. The summed E-state index contributed by atoms with van der Waals surface area (Å²) in [5, 5.41) is 10.5. The Morgan fingerprint density at radius 2 is 2.05 bits per heavy atom. The van der Waals surface area contributed by atoms with Gasteiger partial charge in [0, 0.05) is 12.1 Å². The minimum Gasteiger partial charge on any atom is -0.369 e. The largest absolute Gasteiger partial charge is 0.369 e. The van der Waals surface area contributed by atoms with E-state index in [1.54, 1.807) is 0 Å². The first-order valence-electron chi connectivity index (χ1n) is 5.16. The predicted molar refractivity (Wildman–Crippen MR) is 69.2 cm³/mol. The van der Waals surface area contributed by atoms with Crippen LogP contribution in [0.2, 0.25) is 0 Å². The molecule has 0 aromatic heterocycles. The number of nitrogens with one attached hydrogen (secondary N) is 1. The van der Waals surface area contributed by atoms with Gasteiger partial charge in [-0.1, -0.05) is 6.07 Å². The van der Waals surface area contributed by atoms with Crippen LogP contribution in [0.15, 0.2) is 29.2 Å². The summed E-state index contributed by atoms with van der Waals surface area (Å²) in [6.45, 7) is 0.880. The molecule has 1 aromatic rings. The molecule has 0 spiro atoms. The molecule has 0 aliphatic carbocycles. The smallest absolute Gasteiger partial charge is 0.270 e. The molecule has 0 aliphatic heterocycles. The van der Waals surface area contributed by atoms with Gasteiger partial charge in [-0.2, -0.15) is 0 Å². The monoisotopic (exact) mass is 303 g/mol. The Morgan fingerprint density at radius 1 is 1.50 bits per heavy atom.